The Morgan fingerprint density at radius 2 is 2.15 bits per heavy atom. The molecular weight excluding hydrogens is 254 g/mol. The van der Waals surface area contributed by atoms with Crippen LogP contribution in [-0.4, -0.2) is 40.6 Å². The molecule has 2 rings (SSSR count). The lowest BCUT2D eigenvalue weighted by molar-refractivity contribution is -0.120. The van der Waals surface area contributed by atoms with Crippen molar-refractivity contribution in [1.29, 1.82) is 0 Å². The van der Waals surface area contributed by atoms with Crippen molar-refractivity contribution >= 4 is 11.6 Å². The van der Waals surface area contributed by atoms with Crippen molar-refractivity contribution in [3.05, 3.63) is 29.8 Å². The topological polar surface area (TPSA) is 78.6 Å². The number of nitrogens with one attached hydrogen (secondary N) is 1. The van der Waals surface area contributed by atoms with Crippen molar-refractivity contribution in [2.75, 3.05) is 18.4 Å². The van der Waals surface area contributed by atoms with E-state index in [1.807, 2.05) is 43.0 Å². The average Bonchev–Trinajstić information content (AvgIpc) is 2.79. The Hall–Kier alpha value is -1.43. The molecule has 0 aromatic heterocycles. The van der Waals surface area contributed by atoms with Gasteiger partial charge in [-0.25, -0.2) is 0 Å². The quantitative estimate of drug-likeness (QED) is 0.765. The zero-order chi connectivity index (χ0) is 14.8. The first-order valence-corrected chi connectivity index (χ1v) is 6.97. The number of hydrogen-bond donors (Lipinski definition) is 3. The van der Waals surface area contributed by atoms with E-state index in [2.05, 4.69) is 5.32 Å². The third-order valence-electron chi connectivity index (χ3n) is 3.87. The molecule has 1 aromatic carbocycles. The lowest BCUT2D eigenvalue weighted by Gasteiger charge is -2.24. The average molecular weight is 277 g/mol. The first kappa shape index (κ1) is 15.0. The number of carbonyl (C=O) groups is 1. The molecule has 5 nitrogen and oxygen atoms in total. The monoisotopic (exact) mass is 277 g/mol. The van der Waals surface area contributed by atoms with E-state index in [0.29, 0.717) is 19.5 Å². The number of aliphatic hydroxyl groups is 1. The molecule has 110 valence electrons. The summed E-state index contributed by atoms with van der Waals surface area (Å²) in [7, 11) is 0. The van der Waals surface area contributed by atoms with E-state index in [9.17, 15) is 9.90 Å². The Bertz CT molecular complexity index is 471. The van der Waals surface area contributed by atoms with Gasteiger partial charge in [0.05, 0.1) is 11.6 Å². The SMILES string of the molecule is CC(C(=O)Nc1ccc(CN)cc1)N1CCC(C)(O)C1. The fourth-order valence-corrected chi connectivity index (χ4v) is 2.45. The highest BCUT2D eigenvalue weighted by atomic mass is 16.3. The van der Waals surface area contributed by atoms with E-state index in [1.54, 1.807) is 0 Å². The lowest BCUT2D eigenvalue weighted by atomic mass is 10.1. The number of amides is 1. The molecule has 0 aliphatic carbocycles. The number of β-amino-alcohol motifs (C(OH)–C–C–N with tert-alkyl or cyclic N) is 1. The van der Waals surface area contributed by atoms with Crippen LogP contribution < -0.4 is 11.1 Å². The molecule has 4 N–H and O–H groups in total. The minimum Gasteiger partial charge on any atom is -0.389 e. The van der Waals surface area contributed by atoms with Gasteiger partial charge >= 0.3 is 0 Å². The maximum absolute atomic E-state index is 12.2. The van der Waals surface area contributed by atoms with Gasteiger partial charge in [0.2, 0.25) is 5.91 Å². The molecule has 1 saturated heterocycles. The molecule has 5 heteroatoms. The van der Waals surface area contributed by atoms with E-state index in [1.165, 1.54) is 0 Å². The number of carbonyl (C=O) groups excluding carboxylic acids is 1. The van der Waals surface area contributed by atoms with Crippen molar-refractivity contribution in [3.63, 3.8) is 0 Å². The van der Waals surface area contributed by atoms with Crippen LogP contribution in [0.5, 0.6) is 0 Å². The van der Waals surface area contributed by atoms with Crippen LogP contribution in [0.3, 0.4) is 0 Å². The molecule has 1 amide bonds. The largest absolute Gasteiger partial charge is 0.389 e. The van der Waals surface area contributed by atoms with E-state index in [-0.39, 0.29) is 11.9 Å². The van der Waals surface area contributed by atoms with Gasteiger partial charge in [-0.2, -0.15) is 0 Å². The van der Waals surface area contributed by atoms with Gasteiger partial charge in [-0.1, -0.05) is 12.1 Å². The van der Waals surface area contributed by atoms with Crippen LogP contribution in [0.15, 0.2) is 24.3 Å². The molecule has 20 heavy (non-hydrogen) atoms. The number of hydrogen-bond acceptors (Lipinski definition) is 4. The standard InChI is InChI=1S/C15H23N3O2/c1-11(18-8-7-15(2,20)10-18)14(19)17-13-5-3-12(9-16)4-6-13/h3-6,11,20H,7-10,16H2,1-2H3,(H,17,19). The number of likely N-dealkylation sites (tertiary alicyclic amines) is 1. The minimum atomic E-state index is -0.683. The summed E-state index contributed by atoms with van der Waals surface area (Å²) >= 11 is 0. The molecule has 0 saturated carbocycles. The van der Waals surface area contributed by atoms with Crippen LogP contribution in [0.4, 0.5) is 5.69 Å². The number of benzene rings is 1. The maximum Gasteiger partial charge on any atom is 0.241 e. The van der Waals surface area contributed by atoms with Gasteiger partial charge in [-0.15, -0.1) is 0 Å². The predicted molar refractivity (Wildman–Crippen MR) is 79.2 cm³/mol. The number of nitrogens with zero attached hydrogens (tertiary/aromatic N) is 1. The van der Waals surface area contributed by atoms with Gasteiger partial charge in [0.25, 0.3) is 0 Å². The zero-order valence-corrected chi connectivity index (χ0v) is 12.1. The molecule has 1 heterocycles. The van der Waals surface area contributed by atoms with Crippen LogP contribution >= 0.6 is 0 Å². The summed E-state index contributed by atoms with van der Waals surface area (Å²) in [5.41, 5.74) is 6.66. The summed E-state index contributed by atoms with van der Waals surface area (Å²) in [4.78, 5) is 14.2. The summed E-state index contributed by atoms with van der Waals surface area (Å²) in [6.45, 7) is 5.45. The summed E-state index contributed by atoms with van der Waals surface area (Å²) in [6, 6.07) is 7.26. The van der Waals surface area contributed by atoms with Crippen molar-refractivity contribution in [2.45, 2.75) is 38.5 Å². The van der Waals surface area contributed by atoms with Crippen LogP contribution in [0.25, 0.3) is 0 Å². The fraction of sp³-hybridized carbons (Fsp3) is 0.533. The highest BCUT2D eigenvalue weighted by molar-refractivity contribution is 5.94. The summed E-state index contributed by atoms with van der Waals surface area (Å²) in [5.74, 6) is -0.0526. The van der Waals surface area contributed by atoms with Gasteiger partial charge in [0.15, 0.2) is 0 Å². The van der Waals surface area contributed by atoms with Crippen molar-refractivity contribution in [3.8, 4) is 0 Å². The summed E-state index contributed by atoms with van der Waals surface area (Å²) in [5, 5.41) is 12.9. The smallest absolute Gasteiger partial charge is 0.241 e. The second-order valence-corrected chi connectivity index (χ2v) is 5.78. The molecule has 1 fully saturated rings. The highest BCUT2D eigenvalue weighted by Gasteiger charge is 2.35. The normalized spacial score (nSPS) is 24.6. The highest BCUT2D eigenvalue weighted by Crippen LogP contribution is 2.22. The minimum absolute atomic E-state index is 0.0526. The molecule has 0 radical (unpaired) electrons. The Morgan fingerprint density at radius 1 is 1.50 bits per heavy atom. The molecule has 0 bridgehead atoms. The number of nitrogens with two attached hydrogens (primary N) is 1. The third-order valence-corrected chi connectivity index (χ3v) is 3.87. The maximum atomic E-state index is 12.2. The van der Waals surface area contributed by atoms with Gasteiger partial charge < -0.3 is 16.2 Å². The first-order chi connectivity index (χ1) is 9.41. The van der Waals surface area contributed by atoms with Gasteiger partial charge in [-0.3, -0.25) is 9.69 Å². The second kappa shape index (κ2) is 5.91. The first-order valence-electron chi connectivity index (χ1n) is 6.97. The van der Waals surface area contributed by atoms with Crippen LogP contribution in [0, 0.1) is 0 Å². The van der Waals surface area contributed by atoms with Gasteiger partial charge in [-0.05, 0) is 38.0 Å². The lowest BCUT2D eigenvalue weighted by Crippen LogP contribution is -2.42. The van der Waals surface area contributed by atoms with Gasteiger partial charge in [0.1, 0.15) is 0 Å². The second-order valence-electron chi connectivity index (χ2n) is 5.78. The third kappa shape index (κ3) is 3.56. The Morgan fingerprint density at radius 3 is 2.65 bits per heavy atom. The van der Waals surface area contributed by atoms with E-state index in [4.69, 9.17) is 5.73 Å². The van der Waals surface area contributed by atoms with Crippen LogP contribution in [0.2, 0.25) is 0 Å². The number of rotatable bonds is 4. The Kier molecular flexibility index (Phi) is 4.42. The van der Waals surface area contributed by atoms with Crippen molar-refractivity contribution < 1.29 is 9.90 Å². The molecule has 0 spiro atoms. The van der Waals surface area contributed by atoms with Crippen LogP contribution in [-0.2, 0) is 11.3 Å². The number of anilines is 1. The van der Waals surface area contributed by atoms with E-state index < -0.39 is 5.60 Å². The summed E-state index contributed by atoms with van der Waals surface area (Å²) in [6.07, 6.45) is 0.704. The molecule has 1 aromatic rings. The van der Waals surface area contributed by atoms with Gasteiger partial charge in [0, 0.05) is 25.3 Å². The Balaban J connectivity index is 1.93. The molecular formula is C15H23N3O2. The molecule has 1 aliphatic rings. The molecule has 2 unspecified atom stereocenters. The van der Waals surface area contributed by atoms with Crippen molar-refractivity contribution in [1.82, 2.24) is 4.90 Å². The molecule has 2 atom stereocenters. The van der Waals surface area contributed by atoms with E-state index in [0.717, 1.165) is 17.8 Å². The van der Waals surface area contributed by atoms with Crippen molar-refractivity contribution in [2.24, 2.45) is 5.73 Å². The molecule has 1 aliphatic heterocycles. The zero-order valence-electron chi connectivity index (χ0n) is 12.1. The predicted octanol–water partition coefficient (Wildman–Crippen LogP) is 0.929. The van der Waals surface area contributed by atoms with E-state index >= 15 is 0 Å². The fourth-order valence-electron chi connectivity index (χ4n) is 2.45. The van der Waals surface area contributed by atoms with Crippen LogP contribution in [0.1, 0.15) is 25.8 Å². The summed E-state index contributed by atoms with van der Waals surface area (Å²) < 4.78 is 0. The Labute approximate surface area is 119 Å².